The zero-order chi connectivity index (χ0) is 18.5. The average Bonchev–Trinajstić information content (AvgIpc) is 2.68. The Morgan fingerprint density at radius 3 is 2.54 bits per heavy atom. The molecule has 0 atom stereocenters. The number of anilines is 2. The molecule has 1 amide bonds. The van der Waals surface area contributed by atoms with Gasteiger partial charge in [-0.05, 0) is 31.3 Å². The molecule has 138 valence electrons. The smallest absolute Gasteiger partial charge is 0.254 e. The summed E-state index contributed by atoms with van der Waals surface area (Å²) in [5, 5.41) is 3.21. The van der Waals surface area contributed by atoms with Crippen molar-refractivity contribution in [1.82, 2.24) is 14.8 Å². The van der Waals surface area contributed by atoms with Crippen LogP contribution in [0.2, 0.25) is 0 Å². The number of amides is 1. The van der Waals surface area contributed by atoms with Gasteiger partial charge in [0, 0.05) is 44.0 Å². The Morgan fingerprint density at radius 2 is 1.85 bits per heavy atom. The van der Waals surface area contributed by atoms with Gasteiger partial charge in [0.2, 0.25) is 0 Å². The maximum atomic E-state index is 12.7. The lowest BCUT2D eigenvalue weighted by atomic mass is 10.2. The molecule has 1 N–H and O–H groups in total. The van der Waals surface area contributed by atoms with E-state index in [9.17, 15) is 4.79 Å². The number of rotatable bonds is 5. The van der Waals surface area contributed by atoms with E-state index in [-0.39, 0.29) is 5.91 Å². The average molecular weight is 356 g/mol. The zero-order valence-corrected chi connectivity index (χ0v) is 15.4. The molecule has 1 aliphatic rings. The van der Waals surface area contributed by atoms with E-state index in [0.717, 1.165) is 31.9 Å². The van der Waals surface area contributed by atoms with Crippen molar-refractivity contribution >= 4 is 17.4 Å². The van der Waals surface area contributed by atoms with Crippen LogP contribution in [0.1, 0.15) is 10.4 Å². The first-order valence-electron chi connectivity index (χ1n) is 8.53. The highest BCUT2D eigenvalue weighted by Gasteiger charge is 2.20. The Bertz CT molecular complexity index is 773. The van der Waals surface area contributed by atoms with Crippen molar-refractivity contribution in [2.24, 2.45) is 0 Å². The number of nitrogens with one attached hydrogen (secondary N) is 1. The highest BCUT2D eigenvalue weighted by atomic mass is 16.5. The molecule has 1 aromatic carbocycles. The van der Waals surface area contributed by atoms with Gasteiger partial charge in [-0.2, -0.15) is 0 Å². The predicted molar refractivity (Wildman–Crippen MR) is 100 cm³/mol. The van der Waals surface area contributed by atoms with Crippen LogP contribution in [0.5, 0.6) is 11.5 Å². The fourth-order valence-electron chi connectivity index (χ4n) is 2.86. The molecule has 0 unspecified atom stereocenters. The normalized spacial score (nSPS) is 14.8. The summed E-state index contributed by atoms with van der Waals surface area (Å²) in [6.07, 6.45) is 1.64. The number of piperazine rings is 1. The fourth-order valence-corrected chi connectivity index (χ4v) is 2.86. The summed E-state index contributed by atoms with van der Waals surface area (Å²) in [5.41, 5.74) is 1.38. The van der Waals surface area contributed by atoms with Gasteiger partial charge in [-0.1, -0.05) is 0 Å². The van der Waals surface area contributed by atoms with Crippen LogP contribution in [0.3, 0.4) is 0 Å². The maximum Gasteiger partial charge on any atom is 0.254 e. The van der Waals surface area contributed by atoms with Crippen LogP contribution in [-0.4, -0.2) is 68.1 Å². The SMILES string of the molecule is COc1ccc(Nc2cc(C(=O)N3CCN(C)CC3)ccn2)c(OC)c1. The van der Waals surface area contributed by atoms with E-state index in [1.807, 2.05) is 17.0 Å². The monoisotopic (exact) mass is 356 g/mol. The van der Waals surface area contributed by atoms with E-state index in [1.165, 1.54) is 0 Å². The molecular formula is C19H24N4O3. The first-order valence-corrected chi connectivity index (χ1v) is 8.53. The number of carbonyl (C=O) groups excluding carboxylic acids is 1. The van der Waals surface area contributed by atoms with Gasteiger partial charge < -0.3 is 24.6 Å². The third kappa shape index (κ3) is 4.05. The Balaban J connectivity index is 1.76. The lowest BCUT2D eigenvalue weighted by molar-refractivity contribution is 0.0664. The maximum absolute atomic E-state index is 12.7. The van der Waals surface area contributed by atoms with E-state index < -0.39 is 0 Å². The second kappa shape index (κ2) is 8.05. The van der Waals surface area contributed by atoms with E-state index in [1.54, 1.807) is 38.6 Å². The molecule has 3 rings (SSSR count). The molecule has 2 heterocycles. The summed E-state index contributed by atoms with van der Waals surface area (Å²) in [6.45, 7) is 3.27. The number of nitrogens with zero attached hydrogens (tertiary/aromatic N) is 3. The van der Waals surface area contributed by atoms with Crippen molar-refractivity contribution in [2.75, 3.05) is 52.8 Å². The molecular weight excluding hydrogens is 332 g/mol. The number of benzene rings is 1. The molecule has 0 aliphatic carbocycles. The highest BCUT2D eigenvalue weighted by molar-refractivity contribution is 5.95. The van der Waals surface area contributed by atoms with Crippen molar-refractivity contribution in [3.05, 3.63) is 42.1 Å². The summed E-state index contributed by atoms with van der Waals surface area (Å²) < 4.78 is 10.6. The predicted octanol–water partition coefficient (Wildman–Crippen LogP) is 2.23. The third-order valence-electron chi connectivity index (χ3n) is 4.47. The minimum absolute atomic E-state index is 0.0326. The van der Waals surface area contributed by atoms with Gasteiger partial charge >= 0.3 is 0 Å². The quantitative estimate of drug-likeness (QED) is 0.886. The third-order valence-corrected chi connectivity index (χ3v) is 4.47. The Kier molecular flexibility index (Phi) is 5.58. The number of hydrogen-bond acceptors (Lipinski definition) is 6. The van der Waals surface area contributed by atoms with Crippen LogP contribution in [-0.2, 0) is 0 Å². The van der Waals surface area contributed by atoms with Crippen LogP contribution in [0.25, 0.3) is 0 Å². The molecule has 0 bridgehead atoms. The van der Waals surface area contributed by atoms with Crippen molar-refractivity contribution < 1.29 is 14.3 Å². The molecule has 1 aliphatic heterocycles. The molecule has 1 aromatic heterocycles. The number of hydrogen-bond donors (Lipinski definition) is 1. The molecule has 0 saturated carbocycles. The summed E-state index contributed by atoms with van der Waals surface area (Å²) in [5.74, 6) is 1.97. The standard InChI is InChI=1S/C19H24N4O3/c1-22-8-10-23(11-9-22)19(24)14-6-7-20-18(12-14)21-16-5-4-15(25-2)13-17(16)26-3/h4-7,12-13H,8-11H2,1-3H3,(H,20,21). The first kappa shape index (κ1) is 18.0. The topological polar surface area (TPSA) is 66.9 Å². The van der Waals surface area contributed by atoms with Gasteiger partial charge in [0.05, 0.1) is 19.9 Å². The van der Waals surface area contributed by atoms with Gasteiger partial charge in [-0.25, -0.2) is 4.98 Å². The molecule has 0 radical (unpaired) electrons. The molecule has 7 nitrogen and oxygen atoms in total. The summed E-state index contributed by atoms with van der Waals surface area (Å²) in [6, 6.07) is 9.00. The minimum atomic E-state index is 0.0326. The van der Waals surface area contributed by atoms with Crippen LogP contribution >= 0.6 is 0 Å². The van der Waals surface area contributed by atoms with Gasteiger partial charge in [0.25, 0.3) is 5.91 Å². The Hall–Kier alpha value is -2.80. The Morgan fingerprint density at radius 1 is 1.08 bits per heavy atom. The number of methoxy groups -OCH3 is 2. The second-order valence-electron chi connectivity index (χ2n) is 6.22. The lowest BCUT2D eigenvalue weighted by Gasteiger charge is -2.32. The summed E-state index contributed by atoms with van der Waals surface area (Å²) in [4.78, 5) is 21.1. The molecule has 26 heavy (non-hydrogen) atoms. The van der Waals surface area contributed by atoms with Gasteiger partial charge in [0.15, 0.2) is 0 Å². The van der Waals surface area contributed by atoms with Crippen molar-refractivity contribution in [3.63, 3.8) is 0 Å². The Labute approximate surface area is 153 Å². The van der Waals surface area contributed by atoms with E-state index in [0.29, 0.717) is 22.9 Å². The molecule has 1 saturated heterocycles. The first-order chi connectivity index (χ1) is 12.6. The number of likely N-dealkylation sites (N-methyl/N-ethyl adjacent to an activating group) is 1. The van der Waals surface area contributed by atoms with Crippen molar-refractivity contribution in [3.8, 4) is 11.5 Å². The van der Waals surface area contributed by atoms with Crippen molar-refractivity contribution in [1.29, 1.82) is 0 Å². The second-order valence-corrected chi connectivity index (χ2v) is 6.22. The minimum Gasteiger partial charge on any atom is -0.497 e. The summed E-state index contributed by atoms with van der Waals surface area (Å²) in [7, 11) is 5.27. The van der Waals surface area contributed by atoms with E-state index in [2.05, 4.69) is 22.2 Å². The van der Waals surface area contributed by atoms with Crippen LogP contribution in [0.4, 0.5) is 11.5 Å². The largest absolute Gasteiger partial charge is 0.497 e. The number of carbonyl (C=O) groups is 1. The number of pyridine rings is 1. The molecule has 2 aromatic rings. The van der Waals surface area contributed by atoms with E-state index in [4.69, 9.17) is 9.47 Å². The molecule has 7 heteroatoms. The number of ether oxygens (including phenoxy) is 2. The highest BCUT2D eigenvalue weighted by Crippen LogP contribution is 2.31. The molecule has 0 spiro atoms. The summed E-state index contributed by atoms with van der Waals surface area (Å²) >= 11 is 0. The van der Waals surface area contributed by atoms with Crippen molar-refractivity contribution in [2.45, 2.75) is 0 Å². The number of aromatic nitrogens is 1. The lowest BCUT2D eigenvalue weighted by Crippen LogP contribution is -2.47. The molecule has 1 fully saturated rings. The van der Waals surface area contributed by atoms with Gasteiger partial charge in [-0.15, -0.1) is 0 Å². The van der Waals surface area contributed by atoms with Crippen LogP contribution in [0.15, 0.2) is 36.5 Å². The zero-order valence-electron chi connectivity index (χ0n) is 15.4. The van der Waals surface area contributed by atoms with Gasteiger partial charge in [-0.3, -0.25) is 4.79 Å². The van der Waals surface area contributed by atoms with Crippen LogP contribution in [0, 0.1) is 0 Å². The van der Waals surface area contributed by atoms with E-state index >= 15 is 0 Å². The fraction of sp³-hybridized carbons (Fsp3) is 0.368. The van der Waals surface area contributed by atoms with Gasteiger partial charge in [0.1, 0.15) is 17.3 Å². The van der Waals surface area contributed by atoms with Crippen LogP contribution < -0.4 is 14.8 Å².